The minimum atomic E-state index is 1.16. The largest absolute Gasteiger partial charge is 0.126 e. The van der Waals surface area contributed by atoms with Crippen LogP contribution in [0.5, 0.6) is 0 Å². The molecule has 0 fully saturated rings. The van der Waals surface area contributed by atoms with E-state index in [2.05, 4.69) is 47.1 Å². The molecule has 0 atom stereocenters. The van der Waals surface area contributed by atoms with E-state index in [1.54, 1.807) is 0 Å². The van der Waals surface area contributed by atoms with Crippen molar-refractivity contribution in [3.8, 4) is 0 Å². The van der Waals surface area contributed by atoms with Crippen molar-refractivity contribution in [1.82, 2.24) is 0 Å². The zero-order valence-corrected chi connectivity index (χ0v) is 12.4. The van der Waals surface area contributed by atoms with Crippen molar-refractivity contribution in [3.05, 3.63) is 28.7 Å². The van der Waals surface area contributed by atoms with E-state index in [9.17, 15) is 0 Å². The highest BCUT2D eigenvalue weighted by atomic mass is 79.9. The smallest absolute Gasteiger partial charge is 0.0176 e. The molecule has 90 valence electrons. The zero-order valence-electron chi connectivity index (χ0n) is 10.0. The zero-order chi connectivity index (χ0) is 11.6. The lowest BCUT2D eigenvalue weighted by molar-refractivity contribution is 0.627. The highest BCUT2D eigenvalue weighted by Gasteiger charge is 1.94. The molecule has 0 amide bonds. The van der Waals surface area contributed by atoms with Gasteiger partial charge < -0.3 is 0 Å². The minimum Gasteiger partial charge on any atom is -0.126 e. The minimum absolute atomic E-state index is 1.16. The Kier molecular flexibility index (Phi) is 8.04. The molecule has 0 nitrogen and oxygen atoms in total. The van der Waals surface area contributed by atoms with Crippen LogP contribution in [0.3, 0.4) is 0 Å². The van der Waals surface area contributed by atoms with Gasteiger partial charge in [0, 0.05) is 9.37 Å². The van der Waals surface area contributed by atoms with Crippen molar-refractivity contribution in [2.45, 2.75) is 50.3 Å². The quantitative estimate of drug-likeness (QED) is 0.425. The second-order valence-electron chi connectivity index (χ2n) is 4.07. The van der Waals surface area contributed by atoms with Gasteiger partial charge in [0.15, 0.2) is 0 Å². The number of hydrogen-bond acceptors (Lipinski definition) is 1. The van der Waals surface area contributed by atoms with Crippen molar-refractivity contribution >= 4 is 27.7 Å². The van der Waals surface area contributed by atoms with Crippen molar-refractivity contribution < 1.29 is 0 Å². The molecule has 16 heavy (non-hydrogen) atoms. The van der Waals surface area contributed by atoms with E-state index in [1.807, 2.05) is 11.8 Å². The topological polar surface area (TPSA) is 0 Å². The maximum Gasteiger partial charge on any atom is 0.0176 e. The van der Waals surface area contributed by atoms with Crippen LogP contribution in [-0.2, 0) is 0 Å². The number of halogens is 1. The molecule has 0 saturated heterocycles. The highest BCUT2D eigenvalue weighted by Crippen LogP contribution is 2.22. The van der Waals surface area contributed by atoms with Crippen molar-refractivity contribution in [2.75, 3.05) is 5.75 Å². The van der Waals surface area contributed by atoms with Gasteiger partial charge in [-0.05, 0) is 36.4 Å². The number of unbranched alkanes of at least 4 members (excludes halogenated alkanes) is 5. The van der Waals surface area contributed by atoms with E-state index in [4.69, 9.17) is 0 Å². The molecule has 1 aromatic rings. The fourth-order valence-corrected chi connectivity index (χ4v) is 2.78. The van der Waals surface area contributed by atoms with Crippen LogP contribution in [-0.4, -0.2) is 5.75 Å². The van der Waals surface area contributed by atoms with Gasteiger partial charge in [0.2, 0.25) is 0 Å². The molecular weight excluding hydrogens is 280 g/mol. The maximum absolute atomic E-state index is 3.45. The Morgan fingerprint density at radius 3 is 2.25 bits per heavy atom. The molecule has 0 radical (unpaired) electrons. The molecule has 1 rings (SSSR count). The molecule has 0 unspecified atom stereocenters. The highest BCUT2D eigenvalue weighted by molar-refractivity contribution is 9.10. The molecule has 0 bridgehead atoms. The molecule has 0 aliphatic carbocycles. The summed E-state index contributed by atoms with van der Waals surface area (Å²) in [4.78, 5) is 1.39. The number of thioether (sulfide) groups is 1. The van der Waals surface area contributed by atoms with Gasteiger partial charge in [-0.1, -0.05) is 55.0 Å². The van der Waals surface area contributed by atoms with E-state index < -0.39 is 0 Å². The fraction of sp³-hybridized carbons (Fsp3) is 0.571. The first-order valence-corrected chi connectivity index (χ1v) is 7.99. The lowest BCUT2D eigenvalue weighted by Gasteiger charge is -2.02. The Morgan fingerprint density at radius 1 is 0.938 bits per heavy atom. The summed E-state index contributed by atoms with van der Waals surface area (Å²) in [6, 6.07) is 8.60. The van der Waals surface area contributed by atoms with Crippen LogP contribution in [0.25, 0.3) is 0 Å². The average molecular weight is 301 g/mol. The van der Waals surface area contributed by atoms with Crippen LogP contribution < -0.4 is 0 Å². The van der Waals surface area contributed by atoms with Crippen LogP contribution in [0.1, 0.15) is 45.4 Å². The molecule has 0 aliphatic heterocycles. The maximum atomic E-state index is 3.45. The third-order valence-electron chi connectivity index (χ3n) is 2.58. The first kappa shape index (κ1) is 14.1. The molecular formula is C14H21BrS. The van der Waals surface area contributed by atoms with Gasteiger partial charge in [-0.25, -0.2) is 0 Å². The van der Waals surface area contributed by atoms with Crippen molar-refractivity contribution in [3.63, 3.8) is 0 Å². The summed E-state index contributed by atoms with van der Waals surface area (Å²) in [5.74, 6) is 1.26. The number of hydrogen-bond donors (Lipinski definition) is 0. The van der Waals surface area contributed by atoms with Crippen LogP contribution >= 0.6 is 27.7 Å². The Labute approximate surface area is 112 Å². The molecule has 0 heterocycles. The average Bonchev–Trinajstić information content (AvgIpc) is 2.30. The van der Waals surface area contributed by atoms with Crippen LogP contribution in [0.15, 0.2) is 33.6 Å². The van der Waals surface area contributed by atoms with Gasteiger partial charge in [0.05, 0.1) is 0 Å². The second-order valence-corrected chi connectivity index (χ2v) is 6.15. The Balaban J connectivity index is 2.01. The Morgan fingerprint density at radius 2 is 1.56 bits per heavy atom. The third kappa shape index (κ3) is 6.59. The molecule has 0 aromatic heterocycles. The Hall–Kier alpha value is 0.0500. The predicted octanol–water partition coefficient (Wildman–Crippen LogP) is 5.90. The molecule has 0 saturated carbocycles. The normalized spacial score (nSPS) is 10.6. The fourth-order valence-electron chi connectivity index (χ4n) is 1.60. The summed E-state index contributed by atoms with van der Waals surface area (Å²) in [6.07, 6.45) is 8.32. The number of benzene rings is 1. The molecule has 0 aliphatic rings. The van der Waals surface area contributed by atoms with Crippen molar-refractivity contribution in [2.24, 2.45) is 0 Å². The predicted molar refractivity (Wildman–Crippen MR) is 78.2 cm³/mol. The summed E-state index contributed by atoms with van der Waals surface area (Å²) in [5, 5.41) is 0. The summed E-state index contributed by atoms with van der Waals surface area (Å²) in [5.41, 5.74) is 0. The number of rotatable bonds is 8. The molecule has 1 aromatic carbocycles. The third-order valence-corrected chi connectivity index (χ3v) is 4.21. The Bertz CT molecular complexity index is 269. The van der Waals surface area contributed by atoms with Gasteiger partial charge in [-0.3, -0.25) is 0 Å². The van der Waals surface area contributed by atoms with Gasteiger partial charge in [0.25, 0.3) is 0 Å². The monoisotopic (exact) mass is 300 g/mol. The lowest BCUT2D eigenvalue weighted by atomic mass is 10.1. The van der Waals surface area contributed by atoms with Crippen LogP contribution in [0.2, 0.25) is 0 Å². The van der Waals surface area contributed by atoms with Crippen LogP contribution in [0.4, 0.5) is 0 Å². The second kappa shape index (κ2) is 9.12. The van der Waals surface area contributed by atoms with E-state index in [0.717, 1.165) is 4.47 Å². The summed E-state index contributed by atoms with van der Waals surface area (Å²) < 4.78 is 1.16. The van der Waals surface area contributed by atoms with E-state index >= 15 is 0 Å². The molecule has 0 spiro atoms. The van der Waals surface area contributed by atoms with Gasteiger partial charge in [-0.15, -0.1) is 11.8 Å². The van der Waals surface area contributed by atoms with Crippen LogP contribution in [0, 0.1) is 0 Å². The van der Waals surface area contributed by atoms with Gasteiger partial charge in [0.1, 0.15) is 0 Å². The van der Waals surface area contributed by atoms with E-state index in [1.165, 1.54) is 49.2 Å². The van der Waals surface area contributed by atoms with Crippen molar-refractivity contribution in [1.29, 1.82) is 0 Å². The van der Waals surface area contributed by atoms with Gasteiger partial charge in [-0.2, -0.15) is 0 Å². The van der Waals surface area contributed by atoms with E-state index in [-0.39, 0.29) is 0 Å². The molecule has 2 heteroatoms. The lowest BCUT2D eigenvalue weighted by Crippen LogP contribution is -1.82. The summed E-state index contributed by atoms with van der Waals surface area (Å²) >= 11 is 5.43. The molecule has 0 N–H and O–H groups in total. The summed E-state index contributed by atoms with van der Waals surface area (Å²) in [6.45, 7) is 2.27. The summed E-state index contributed by atoms with van der Waals surface area (Å²) in [7, 11) is 0. The first-order chi connectivity index (χ1) is 7.83. The first-order valence-electron chi connectivity index (χ1n) is 6.21. The van der Waals surface area contributed by atoms with Gasteiger partial charge >= 0.3 is 0 Å². The van der Waals surface area contributed by atoms with E-state index in [0.29, 0.717) is 0 Å². The standard InChI is InChI=1S/C14H21BrS/c1-2-3-4-5-6-7-12-16-14-10-8-13(15)9-11-14/h8-11H,2-7,12H2,1H3. The SMILES string of the molecule is CCCCCCCCSc1ccc(Br)cc1.